The fraction of sp³-hybridized carbons (Fsp3) is 0.348. The summed E-state index contributed by atoms with van der Waals surface area (Å²) in [6, 6.07) is 15.1. The van der Waals surface area contributed by atoms with E-state index >= 15 is 0 Å². The third-order valence-corrected chi connectivity index (χ3v) is 5.36. The predicted octanol–water partition coefficient (Wildman–Crippen LogP) is 3.60. The first kappa shape index (κ1) is 19.9. The fourth-order valence-electron chi connectivity index (χ4n) is 3.90. The van der Waals surface area contributed by atoms with Gasteiger partial charge in [-0.1, -0.05) is 45.0 Å². The van der Waals surface area contributed by atoms with Gasteiger partial charge in [0, 0.05) is 6.54 Å². The lowest BCUT2D eigenvalue weighted by molar-refractivity contribution is -0.122. The van der Waals surface area contributed by atoms with Crippen molar-refractivity contribution in [3.05, 3.63) is 64.8 Å². The number of fused-ring (bicyclic) bond motifs is 2. The van der Waals surface area contributed by atoms with Crippen LogP contribution in [0.4, 0.5) is 0 Å². The highest BCUT2D eigenvalue weighted by molar-refractivity contribution is 5.81. The zero-order chi connectivity index (χ0) is 21.3. The summed E-state index contributed by atoms with van der Waals surface area (Å²) in [5.41, 5.74) is 3.28. The third-order valence-electron chi connectivity index (χ3n) is 5.36. The van der Waals surface area contributed by atoms with Crippen molar-refractivity contribution in [1.29, 1.82) is 0 Å². The summed E-state index contributed by atoms with van der Waals surface area (Å²) in [4.78, 5) is 33.9. The summed E-state index contributed by atoms with van der Waals surface area (Å²) in [7, 11) is 0. The molecule has 4 aromatic rings. The molecule has 1 unspecified atom stereocenters. The van der Waals surface area contributed by atoms with Crippen LogP contribution in [0, 0.1) is 5.92 Å². The summed E-state index contributed by atoms with van der Waals surface area (Å²) in [6.45, 7) is 6.71. The molecule has 0 bridgehead atoms. The fourth-order valence-corrected chi connectivity index (χ4v) is 3.90. The first-order chi connectivity index (χ1) is 14.5. The molecule has 1 atom stereocenters. The van der Waals surface area contributed by atoms with Crippen LogP contribution in [0.3, 0.4) is 0 Å². The second-order valence-corrected chi connectivity index (χ2v) is 7.94. The van der Waals surface area contributed by atoms with Crippen LogP contribution < -0.4 is 11.0 Å². The molecule has 0 aliphatic rings. The van der Waals surface area contributed by atoms with Gasteiger partial charge in [-0.05, 0) is 36.6 Å². The van der Waals surface area contributed by atoms with Crippen LogP contribution in [0.2, 0.25) is 0 Å². The van der Waals surface area contributed by atoms with Crippen LogP contribution >= 0.6 is 0 Å². The number of aryl methyl sites for hydroxylation is 1. The minimum absolute atomic E-state index is 0.0283. The van der Waals surface area contributed by atoms with Crippen LogP contribution in [0.5, 0.6) is 0 Å². The highest BCUT2D eigenvalue weighted by Gasteiger charge is 2.23. The van der Waals surface area contributed by atoms with E-state index in [1.165, 1.54) is 0 Å². The maximum Gasteiger partial charge on any atom is 0.329 e. The standard InChI is InChI=1S/C23H27N5O2/c1-4-13-27-18-11-7-8-12-19(18)28(23(27)30)14-20(29)26-21(15(2)3)22-24-16-9-5-6-10-17(16)25-22/h5-12,15,21H,4,13-14H2,1-3H3,(H,24,25)(H,26,29). The van der Waals surface area contributed by atoms with Crippen LogP contribution in [0.15, 0.2) is 53.3 Å². The van der Waals surface area contributed by atoms with Crippen molar-refractivity contribution in [1.82, 2.24) is 24.4 Å². The first-order valence-electron chi connectivity index (χ1n) is 10.4. The van der Waals surface area contributed by atoms with Crippen molar-refractivity contribution < 1.29 is 4.79 Å². The molecule has 2 aromatic carbocycles. The Kier molecular flexibility index (Phi) is 5.44. The van der Waals surface area contributed by atoms with E-state index in [1.807, 2.05) is 69.3 Å². The molecule has 0 fully saturated rings. The van der Waals surface area contributed by atoms with Gasteiger partial charge >= 0.3 is 5.69 Å². The number of carbonyl (C=O) groups is 1. The van der Waals surface area contributed by atoms with Gasteiger partial charge in [0.05, 0.1) is 28.1 Å². The number of benzene rings is 2. The number of imidazole rings is 2. The van der Waals surface area contributed by atoms with E-state index in [4.69, 9.17) is 0 Å². The Hall–Kier alpha value is -3.35. The zero-order valence-electron chi connectivity index (χ0n) is 17.6. The minimum Gasteiger partial charge on any atom is -0.344 e. The summed E-state index contributed by atoms with van der Waals surface area (Å²) in [5.74, 6) is 0.642. The van der Waals surface area contributed by atoms with Crippen molar-refractivity contribution in [2.45, 2.75) is 46.3 Å². The Morgan fingerprint density at radius 1 is 1.07 bits per heavy atom. The van der Waals surface area contributed by atoms with E-state index in [0.717, 1.165) is 34.3 Å². The molecule has 0 aliphatic heterocycles. The van der Waals surface area contributed by atoms with E-state index in [2.05, 4.69) is 15.3 Å². The molecule has 2 aromatic heterocycles. The topological polar surface area (TPSA) is 84.7 Å². The minimum atomic E-state index is -0.274. The second-order valence-electron chi connectivity index (χ2n) is 7.94. The molecule has 30 heavy (non-hydrogen) atoms. The number of amides is 1. The van der Waals surface area contributed by atoms with Crippen molar-refractivity contribution >= 4 is 28.0 Å². The Balaban J connectivity index is 1.62. The molecule has 0 aliphatic carbocycles. The van der Waals surface area contributed by atoms with Gasteiger partial charge in [-0.15, -0.1) is 0 Å². The van der Waals surface area contributed by atoms with Crippen molar-refractivity contribution in [2.24, 2.45) is 5.92 Å². The van der Waals surface area contributed by atoms with E-state index in [0.29, 0.717) is 6.54 Å². The number of carbonyl (C=O) groups excluding carboxylic acids is 1. The number of para-hydroxylation sites is 4. The SMILES string of the molecule is CCCn1c(=O)n(CC(=O)NC(c2nc3ccccc3[nH]2)C(C)C)c2ccccc21. The molecular weight excluding hydrogens is 378 g/mol. The van der Waals surface area contributed by atoms with Gasteiger partial charge in [0.1, 0.15) is 12.4 Å². The van der Waals surface area contributed by atoms with E-state index in [-0.39, 0.29) is 30.1 Å². The zero-order valence-corrected chi connectivity index (χ0v) is 17.6. The highest BCUT2D eigenvalue weighted by atomic mass is 16.2. The molecule has 7 heteroatoms. The summed E-state index contributed by atoms with van der Waals surface area (Å²) >= 11 is 0. The van der Waals surface area contributed by atoms with Crippen molar-refractivity contribution in [3.8, 4) is 0 Å². The van der Waals surface area contributed by atoms with Crippen LogP contribution in [0.25, 0.3) is 22.1 Å². The molecule has 0 spiro atoms. The van der Waals surface area contributed by atoms with Crippen molar-refractivity contribution in [2.75, 3.05) is 0 Å². The van der Waals surface area contributed by atoms with Crippen LogP contribution in [0.1, 0.15) is 39.1 Å². The first-order valence-corrected chi connectivity index (χ1v) is 10.4. The monoisotopic (exact) mass is 405 g/mol. The highest BCUT2D eigenvalue weighted by Crippen LogP contribution is 2.22. The quantitative estimate of drug-likeness (QED) is 0.493. The third kappa shape index (κ3) is 3.63. The molecule has 1 amide bonds. The van der Waals surface area contributed by atoms with Crippen LogP contribution in [-0.2, 0) is 17.9 Å². The molecule has 4 rings (SSSR count). The largest absolute Gasteiger partial charge is 0.344 e. The lowest BCUT2D eigenvalue weighted by Gasteiger charge is -2.20. The summed E-state index contributed by atoms with van der Waals surface area (Å²) < 4.78 is 3.29. The number of nitrogens with zero attached hydrogens (tertiary/aromatic N) is 3. The van der Waals surface area contributed by atoms with Gasteiger partial charge in [-0.25, -0.2) is 9.78 Å². The Labute approximate surface area is 174 Å². The number of aromatic nitrogens is 4. The average Bonchev–Trinajstić information content (AvgIpc) is 3.27. The Bertz CT molecular complexity index is 1210. The van der Waals surface area contributed by atoms with Gasteiger partial charge < -0.3 is 10.3 Å². The molecule has 7 nitrogen and oxygen atoms in total. The Morgan fingerprint density at radius 3 is 2.40 bits per heavy atom. The van der Waals surface area contributed by atoms with Gasteiger partial charge in [0.15, 0.2) is 0 Å². The van der Waals surface area contributed by atoms with Crippen molar-refractivity contribution in [3.63, 3.8) is 0 Å². The number of aromatic amines is 1. The molecule has 2 N–H and O–H groups in total. The van der Waals surface area contributed by atoms with Crippen LogP contribution in [-0.4, -0.2) is 25.0 Å². The van der Waals surface area contributed by atoms with E-state index < -0.39 is 0 Å². The molecule has 2 heterocycles. The summed E-state index contributed by atoms with van der Waals surface area (Å²) in [6.07, 6.45) is 0.849. The van der Waals surface area contributed by atoms with Gasteiger partial charge in [0.25, 0.3) is 0 Å². The smallest absolute Gasteiger partial charge is 0.329 e. The normalized spacial score (nSPS) is 12.7. The van der Waals surface area contributed by atoms with Gasteiger partial charge in [-0.3, -0.25) is 13.9 Å². The molecular formula is C23H27N5O2. The molecule has 0 saturated heterocycles. The van der Waals surface area contributed by atoms with E-state index in [9.17, 15) is 9.59 Å². The number of hydrogen-bond donors (Lipinski definition) is 2. The van der Waals surface area contributed by atoms with Gasteiger partial charge in [0.2, 0.25) is 5.91 Å². The number of nitrogens with one attached hydrogen (secondary N) is 2. The molecule has 0 saturated carbocycles. The maximum absolute atomic E-state index is 13.0. The molecule has 0 radical (unpaired) electrons. The predicted molar refractivity (Wildman–Crippen MR) is 118 cm³/mol. The number of hydrogen-bond acceptors (Lipinski definition) is 3. The average molecular weight is 406 g/mol. The molecule has 156 valence electrons. The maximum atomic E-state index is 13.0. The number of H-pyrrole nitrogens is 1. The second kappa shape index (κ2) is 8.18. The Morgan fingerprint density at radius 2 is 1.73 bits per heavy atom. The lowest BCUT2D eigenvalue weighted by Crippen LogP contribution is -2.37. The lowest BCUT2D eigenvalue weighted by atomic mass is 10.0. The van der Waals surface area contributed by atoms with E-state index in [1.54, 1.807) is 9.13 Å². The van der Waals surface area contributed by atoms with Gasteiger partial charge in [-0.2, -0.15) is 0 Å². The number of rotatable bonds is 7. The summed E-state index contributed by atoms with van der Waals surface area (Å²) in [5, 5.41) is 3.07.